The summed E-state index contributed by atoms with van der Waals surface area (Å²) in [6, 6.07) is 30.9. The van der Waals surface area contributed by atoms with Crippen LogP contribution in [0.4, 0.5) is 0 Å². The van der Waals surface area contributed by atoms with Crippen LogP contribution in [0.5, 0.6) is 0 Å². The fraction of sp³-hybridized carbons (Fsp3) is 0.250. The number of hydrogen-bond donors (Lipinski definition) is 0. The molecule has 0 spiro atoms. The van der Waals surface area contributed by atoms with E-state index in [1.807, 2.05) is 42.5 Å². The Morgan fingerprint density at radius 3 is 1.83 bits per heavy atom. The molecule has 0 amide bonds. The molecule has 0 unspecified atom stereocenters. The maximum absolute atomic E-state index is 13.5. The third kappa shape index (κ3) is 5.07. The van der Waals surface area contributed by atoms with Gasteiger partial charge in [0.25, 0.3) is 0 Å². The lowest BCUT2D eigenvalue weighted by Gasteiger charge is -2.39. The summed E-state index contributed by atoms with van der Waals surface area (Å²) >= 11 is 0. The van der Waals surface area contributed by atoms with E-state index in [1.54, 1.807) is 22.1 Å². The molecule has 1 fully saturated rings. The van der Waals surface area contributed by atoms with Crippen LogP contribution in [-0.4, -0.2) is 53.6 Å². The Labute approximate surface area is 207 Å². The summed E-state index contributed by atoms with van der Waals surface area (Å²) in [7, 11) is -3.62. The average Bonchev–Trinajstić information content (AvgIpc) is 3.27. The van der Waals surface area contributed by atoms with Crippen molar-refractivity contribution in [2.75, 3.05) is 26.2 Å². The van der Waals surface area contributed by atoms with Crippen LogP contribution in [0.2, 0.25) is 0 Å². The van der Waals surface area contributed by atoms with Crippen molar-refractivity contribution in [1.29, 1.82) is 0 Å². The summed E-state index contributed by atoms with van der Waals surface area (Å²) in [6.07, 6.45) is 1.67. The van der Waals surface area contributed by atoms with Crippen molar-refractivity contribution >= 4 is 10.0 Å². The zero-order valence-corrected chi connectivity index (χ0v) is 20.7. The molecule has 5 rings (SSSR count). The lowest BCUT2D eigenvalue weighted by atomic mass is 9.96. The molecule has 1 aliphatic rings. The van der Waals surface area contributed by atoms with Gasteiger partial charge in [-0.3, -0.25) is 9.58 Å². The van der Waals surface area contributed by atoms with Crippen molar-refractivity contribution in [3.63, 3.8) is 0 Å². The molecule has 1 aromatic heterocycles. The summed E-state index contributed by atoms with van der Waals surface area (Å²) in [6.45, 7) is 4.52. The molecule has 7 heteroatoms. The summed E-state index contributed by atoms with van der Waals surface area (Å²) < 4.78 is 30.4. The van der Waals surface area contributed by atoms with Crippen molar-refractivity contribution < 1.29 is 8.42 Å². The van der Waals surface area contributed by atoms with Crippen LogP contribution < -0.4 is 0 Å². The number of nitrogens with zero attached hydrogens (tertiary/aromatic N) is 4. The van der Waals surface area contributed by atoms with E-state index in [0.717, 1.165) is 5.56 Å². The largest absolute Gasteiger partial charge is 0.290 e. The van der Waals surface area contributed by atoms with Crippen LogP contribution in [0.25, 0.3) is 0 Å². The summed E-state index contributed by atoms with van der Waals surface area (Å²) in [5.74, 6) is 0. The predicted octanol–water partition coefficient (Wildman–Crippen LogP) is 4.34. The van der Waals surface area contributed by atoms with Gasteiger partial charge in [-0.2, -0.15) is 9.40 Å². The van der Waals surface area contributed by atoms with Gasteiger partial charge in [0.1, 0.15) is 4.90 Å². The Morgan fingerprint density at radius 1 is 0.771 bits per heavy atom. The fourth-order valence-corrected chi connectivity index (χ4v) is 6.42. The normalized spacial score (nSPS) is 15.5. The first-order chi connectivity index (χ1) is 17.0. The highest BCUT2D eigenvalue weighted by Crippen LogP contribution is 2.30. The number of benzene rings is 3. The monoisotopic (exact) mass is 486 g/mol. The van der Waals surface area contributed by atoms with Gasteiger partial charge in [-0.15, -0.1) is 0 Å². The van der Waals surface area contributed by atoms with Crippen molar-refractivity contribution in [2.45, 2.75) is 24.4 Å². The van der Waals surface area contributed by atoms with Gasteiger partial charge >= 0.3 is 0 Å². The van der Waals surface area contributed by atoms with Gasteiger partial charge in [0.15, 0.2) is 0 Å². The summed E-state index contributed by atoms with van der Waals surface area (Å²) in [4.78, 5) is 2.67. The van der Waals surface area contributed by atoms with Crippen LogP contribution in [-0.2, 0) is 16.6 Å². The molecule has 0 N–H and O–H groups in total. The molecule has 4 aromatic rings. The van der Waals surface area contributed by atoms with Crippen LogP contribution in [0.15, 0.2) is 102 Å². The van der Waals surface area contributed by atoms with E-state index < -0.39 is 10.0 Å². The zero-order chi connectivity index (χ0) is 24.3. The van der Waals surface area contributed by atoms with Crippen LogP contribution in [0, 0.1) is 6.92 Å². The third-order valence-electron chi connectivity index (χ3n) is 6.58. The standard InChI is InChI=1S/C28H30N4O2S/c1-23-27(22-31(29-23)21-24-11-5-2-6-12-24)35(33,34)32-19-17-30(18-20-32)28(25-13-7-3-8-14-25)26-15-9-4-10-16-26/h2-16,22,28H,17-21H2,1H3. The Morgan fingerprint density at radius 2 is 1.29 bits per heavy atom. The van der Waals surface area contributed by atoms with Gasteiger partial charge in [-0.25, -0.2) is 8.42 Å². The number of piperazine rings is 1. The molecule has 0 bridgehead atoms. The van der Waals surface area contributed by atoms with E-state index in [0.29, 0.717) is 43.3 Å². The Kier molecular flexibility index (Phi) is 6.81. The minimum absolute atomic E-state index is 0.0950. The molecule has 1 aliphatic heterocycles. The van der Waals surface area contributed by atoms with Gasteiger partial charge in [0.2, 0.25) is 10.0 Å². The Balaban J connectivity index is 1.33. The average molecular weight is 487 g/mol. The van der Waals surface area contributed by atoms with Crippen molar-refractivity contribution in [3.8, 4) is 0 Å². The second-order valence-corrected chi connectivity index (χ2v) is 10.8. The lowest BCUT2D eigenvalue weighted by molar-refractivity contribution is 0.156. The van der Waals surface area contributed by atoms with E-state index in [-0.39, 0.29) is 6.04 Å². The molecular weight excluding hydrogens is 456 g/mol. The zero-order valence-electron chi connectivity index (χ0n) is 19.9. The first-order valence-electron chi connectivity index (χ1n) is 11.9. The topological polar surface area (TPSA) is 58.4 Å². The minimum atomic E-state index is -3.62. The summed E-state index contributed by atoms with van der Waals surface area (Å²) in [5.41, 5.74) is 4.05. The summed E-state index contributed by atoms with van der Waals surface area (Å²) in [5, 5.41) is 4.49. The van der Waals surface area contributed by atoms with Gasteiger partial charge in [-0.05, 0) is 23.6 Å². The molecule has 180 valence electrons. The maximum atomic E-state index is 13.5. The maximum Gasteiger partial charge on any atom is 0.246 e. The number of aromatic nitrogens is 2. The quantitative estimate of drug-likeness (QED) is 0.390. The van der Waals surface area contributed by atoms with Crippen molar-refractivity contribution in [3.05, 3.63) is 120 Å². The molecule has 35 heavy (non-hydrogen) atoms. The fourth-order valence-electron chi connectivity index (χ4n) is 4.83. The van der Waals surface area contributed by atoms with E-state index in [1.165, 1.54) is 11.1 Å². The van der Waals surface area contributed by atoms with E-state index in [2.05, 4.69) is 58.5 Å². The Bertz CT molecular complexity index is 1310. The van der Waals surface area contributed by atoms with Gasteiger partial charge in [0.05, 0.1) is 18.3 Å². The highest BCUT2D eigenvalue weighted by atomic mass is 32.2. The molecule has 0 aliphatic carbocycles. The SMILES string of the molecule is Cc1nn(Cc2ccccc2)cc1S(=O)(=O)N1CCN(C(c2ccccc2)c2ccccc2)CC1. The van der Waals surface area contributed by atoms with Crippen molar-refractivity contribution in [1.82, 2.24) is 19.0 Å². The molecule has 2 heterocycles. The third-order valence-corrected chi connectivity index (χ3v) is 8.58. The van der Waals surface area contributed by atoms with Gasteiger partial charge in [-0.1, -0.05) is 91.0 Å². The van der Waals surface area contributed by atoms with E-state index in [4.69, 9.17) is 0 Å². The molecule has 0 saturated carbocycles. The highest BCUT2D eigenvalue weighted by Gasteiger charge is 2.34. The molecule has 0 atom stereocenters. The molecular formula is C28H30N4O2S. The van der Waals surface area contributed by atoms with Crippen LogP contribution in [0.3, 0.4) is 0 Å². The molecule has 6 nitrogen and oxygen atoms in total. The number of sulfonamides is 1. The van der Waals surface area contributed by atoms with Crippen LogP contribution in [0.1, 0.15) is 28.4 Å². The second kappa shape index (κ2) is 10.2. The molecule has 1 saturated heterocycles. The van der Waals surface area contributed by atoms with E-state index in [9.17, 15) is 8.42 Å². The minimum Gasteiger partial charge on any atom is -0.290 e. The first-order valence-corrected chi connectivity index (χ1v) is 13.4. The van der Waals surface area contributed by atoms with Crippen molar-refractivity contribution in [2.24, 2.45) is 0 Å². The van der Waals surface area contributed by atoms with Gasteiger partial charge in [0, 0.05) is 32.4 Å². The Hall–Kier alpha value is -3.26. The number of aryl methyl sites for hydroxylation is 1. The lowest BCUT2D eigenvalue weighted by Crippen LogP contribution is -2.49. The number of hydrogen-bond acceptors (Lipinski definition) is 4. The smallest absolute Gasteiger partial charge is 0.246 e. The van der Waals surface area contributed by atoms with Gasteiger partial charge < -0.3 is 0 Å². The molecule has 3 aromatic carbocycles. The first kappa shape index (κ1) is 23.5. The molecule has 0 radical (unpaired) electrons. The second-order valence-electron chi connectivity index (χ2n) is 8.93. The van der Waals surface area contributed by atoms with E-state index >= 15 is 0 Å². The highest BCUT2D eigenvalue weighted by molar-refractivity contribution is 7.89. The number of rotatable bonds is 7. The van der Waals surface area contributed by atoms with Crippen LogP contribution >= 0.6 is 0 Å². The predicted molar refractivity (Wildman–Crippen MR) is 138 cm³/mol.